The summed E-state index contributed by atoms with van der Waals surface area (Å²) in [5.74, 6) is -1.60. The lowest BCUT2D eigenvalue weighted by atomic mass is 10.0. The zero-order valence-corrected chi connectivity index (χ0v) is 18.9. The van der Waals surface area contributed by atoms with Gasteiger partial charge < -0.3 is 18.9 Å². The van der Waals surface area contributed by atoms with Crippen LogP contribution in [-0.4, -0.2) is 46.3 Å². The average molecular weight is 449 g/mol. The van der Waals surface area contributed by atoms with Gasteiger partial charge >= 0.3 is 5.97 Å². The Balaban J connectivity index is 1.75. The Bertz CT molecular complexity index is 984. The van der Waals surface area contributed by atoms with Crippen LogP contribution in [0.25, 0.3) is 0 Å². The van der Waals surface area contributed by atoms with Gasteiger partial charge in [-0.3, -0.25) is 4.79 Å². The van der Waals surface area contributed by atoms with E-state index in [1.165, 1.54) is 7.11 Å². The first kappa shape index (κ1) is 23.4. The van der Waals surface area contributed by atoms with Gasteiger partial charge in [0.25, 0.3) is 0 Å². The third kappa shape index (κ3) is 5.92. The molecule has 0 radical (unpaired) electrons. The van der Waals surface area contributed by atoms with Crippen molar-refractivity contribution < 1.29 is 32.2 Å². The SMILES string of the molecule is COC(=O)C(c1ccc(C2OC(C)(C)OC2COCc2ccccc2)cc1)S(C)(=O)=O. The smallest absolute Gasteiger partial charge is 0.328 e. The van der Waals surface area contributed by atoms with E-state index in [2.05, 4.69) is 4.74 Å². The number of sulfone groups is 1. The van der Waals surface area contributed by atoms with Gasteiger partial charge in [0.1, 0.15) is 12.2 Å². The number of hydrogen-bond donors (Lipinski definition) is 0. The molecular weight excluding hydrogens is 420 g/mol. The number of carbonyl (C=O) groups is 1. The molecule has 0 bridgehead atoms. The second kappa shape index (κ2) is 9.48. The molecular formula is C23H28O7S. The highest BCUT2D eigenvalue weighted by atomic mass is 32.2. The Kier molecular flexibility index (Phi) is 7.16. The number of carbonyl (C=O) groups excluding carboxylic acids is 1. The van der Waals surface area contributed by atoms with E-state index in [-0.39, 0.29) is 6.10 Å². The van der Waals surface area contributed by atoms with Crippen LogP contribution >= 0.6 is 0 Å². The predicted molar refractivity (Wildman–Crippen MR) is 115 cm³/mol. The molecule has 7 nitrogen and oxygen atoms in total. The molecule has 1 fully saturated rings. The van der Waals surface area contributed by atoms with E-state index in [0.717, 1.165) is 17.4 Å². The second-order valence-electron chi connectivity index (χ2n) is 7.99. The van der Waals surface area contributed by atoms with E-state index < -0.39 is 32.9 Å². The molecule has 3 unspecified atom stereocenters. The molecule has 3 atom stereocenters. The maximum atomic E-state index is 12.1. The molecule has 2 aromatic rings. The maximum Gasteiger partial charge on any atom is 0.328 e. The highest BCUT2D eigenvalue weighted by Crippen LogP contribution is 2.39. The van der Waals surface area contributed by atoms with Gasteiger partial charge in [-0.25, -0.2) is 8.42 Å². The highest BCUT2D eigenvalue weighted by molar-refractivity contribution is 7.91. The van der Waals surface area contributed by atoms with Gasteiger partial charge in [-0.2, -0.15) is 0 Å². The minimum absolute atomic E-state index is 0.332. The van der Waals surface area contributed by atoms with Crippen LogP contribution in [0.5, 0.6) is 0 Å². The molecule has 31 heavy (non-hydrogen) atoms. The molecule has 1 aliphatic heterocycles. The van der Waals surface area contributed by atoms with Crippen molar-refractivity contribution in [1.82, 2.24) is 0 Å². The standard InChI is InChI=1S/C23H28O7S/c1-23(2)29-19(15-28-14-16-8-6-5-7-9-16)20(30-23)17-10-12-18(13-11-17)21(22(24)27-3)31(4,25)26/h5-13,19-21H,14-15H2,1-4H3. The Morgan fingerprint density at radius 2 is 1.71 bits per heavy atom. The fourth-order valence-electron chi connectivity index (χ4n) is 3.63. The topological polar surface area (TPSA) is 88.1 Å². The zero-order chi connectivity index (χ0) is 22.6. The summed E-state index contributed by atoms with van der Waals surface area (Å²) in [6.07, 6.45) is 0.282. The third-order valence-corrected chi connectivity index (χ3v) is 6.31. The molecule has 0 aliphatic carbocycles. The summed E-state index contributed by atoms with van der Waals surface area (Å²) in [6, 6.07) is 16.6. The molecule has 0 N–H and O–H groups in total. The molecule has 0 amide bonds. The summed E-state index contributed by atoms with van der Waals surface area (Å²) < 4.78 is 46.8. The number of esters is 1. The summed E-state index contributed by atoms with van der Waals surface area (Å²) in [5, 5.41) is -1.37. The van der Waals surface area contributed by atoms with Crippen LogP contribution in [0.3, 0.4) is 0 Å². The summed E-state index contributed by atoms with van der Waals surface area (Å²) in [4.78, 5) is 12.0. The van der Waals surface area contributed by atoms with Gasteiger partial charge in [0, 0.05) is 6.26 Å². The van der Waals surface area contributed by atoms with Gasteiger partial charge in [-0.05, 0) is 30.5 Å². The normalized spacial score (nSPS) is 21.5. The van der Waals surface area contributed by atoms with Crippen LogP contribution in [0.1, 0.15) is 41.9 Å². The van der Waals surface area contributed by atoms with Crippen molar-refractivity contribution in [3.8, 4) is 0 Å². The Morgan fingerprint density at radius 3 is 2.29 bits per heavy atom. The van der Waals surface area contributed by atoms with Crippen LogP contribution in [0.15, 0.2) is 54.6 Å². The fraction of sp³-hybridized carbons (Fsp3) is 0.435. The molecule has 1 saturated heterocycles. The average Bonchev–Trinajstić information content (AvgIpc) is 3.02. The quantitative estimate of drug-likeness (QED) is 0.572. The van der Waals surface area contributed by atoms with Crippen LogP contribution in [0, 0.1) is 0 Å². The van der Waals surface area contributed by atoms with Crippen molar-refractivity contribution in [3.05, 3.63) is 71.3 Å². The molecule has 168 valence electrons. The lowest BCUT2D eigenvalue weighted by Gasteiger charge is -2.19. The number of hydrogen-bond acceptors (Lipinski definition) is 7. The fourth-order valence-corrected chi connectivity index (χ4v) is 4.73. The Morgan fingerprint density at radius 1 is 1.06 bits per heavy atom. The highest BCUT2D eigenvalue weighted by Gasteiger charge is 2.42. The van der Waals surface area contributed by atoms with Gasteiger partial charge in [0.2, 0.25) is 0 Å². The monoisotopic (exact) mass is 448 g/mol. The number of benzene rings is 2. The van der Waals surface area contributed by atoms with E-state index >= 15 is 0 Å². The molecule has 0 aromatic heterocycles. The van der Waals surface area contributed by atoms with Gasteiger partial charge in [-0.15, -0.1) is 0 Å². The lowest BCUT2D eigenvalue weighted by Crippen LogP contribution is -2.24. The molecule has 1 heterocycles. The first-order valence-corrected chi connectivity index (χ1v) is 11.9. The van der Waals surface area contributed by atoms with Crippen molar-refractivity contribution in [2.24, 2.45) is 0 Å². The minimum Gasteiger partial charge on any atom is -0.468 e. The first-order valence-electron chi connectivity index (χ1n) is 9.94. The summed E-state index contributed by atoms with van der Waals surface area (Å²) in [5.41, 5.74) is 2.21. The zero-order valence-electron chi connectivity index (χ0n) is 18.1. The van der Waals surface area contributed by atoms with E-state index in [1.807, 2.05) is 44.2 Å². The van der Waals surface area contributed by atoms with Crippen molar-refractivity contribution in [2.45, 2.75) is 43.7 Å². The van der Waals surface area contributed by atoms with Gasteiger partial charge in [0.05, 0.1) is 20.3 Å². The number of ether oxygens (including phenoxy) is 4. The van der Waals surface area contributed by atoms with Crippen LogP contribution in [0.2, 0.25) is 0 Å². The van der Waals surface area contributed by atoms with E-state index in [4.69, 9.17) is 14.2 Å². The van der Waals surface area contributed by atoms with Gasteiger partial charge in [-0.1, -0.05) is 54.6 Å². The number of methoxy groups -OCH3 is 1. The van der Waals surface area contributed by atoms with E-state index in [9.17, 15) is 13.2 Å². The number of rotatable bonds is 8. The first-order chi connectivity index (χ1) is 14.6. The molecule has 3 rings (SSSR count). The van der Waals surface area contributed by atoms with Crippen molar-refractivity contribution in [1.29, 1.82) is 0 Å². The van der Waals surface area contributed by atoms with Gasteiger partial charge in [0.15, 0.2) is 20.9 Å². The van der Waals surface area contributed by atoms with Crippen molar-refractivity contribution in [3.63, 3.8) is 0 Å². The van der Waals surface area contributed by atoms with Crippen molar-refractivity contribution in [2.75, 3.05) is 20.0 Å². The van der Waals surface area contributed by atoms with Crippen LogP contribution in [-0.2, 0) is 40.2 Å². The largest absolute Gasteiger partial charge is 0.468 e. The molecule has 8 heteroatoms. The minimum atomic E-state index is -3.68. The van der Waals surface area contributed by atoms with E-state index in [1.54, 1.807) is 24.3 Å². The molecule has 0 spiro atoms. The van der Waals surface area contributed by atoms with Crippen LogP contribution in [0.4, 0.5) is 0 Å². The summed E-state index contributed by atoms with van der Waals surface area (Å²) in [6.45, 7) is 4.46. The Hall–Kier alpha value is -2.26. The summed E-state index contributed by atoms with van der Waals surface area (Å²) in [7, 11) is -2.51. The molecule has 0 saturated carbocycles. The lowest BCUT2D eigenvalue weighted by molar-refractivity contribution is -0.151. The molecule has 2 aromatic carbocycles. The van der Waals surface area contributed by atoms with Crippen molar-refractivity contribution >= 4 is 15.8 Å². The Labute approximate surface area is 183 Å². The predicted octanol–water partition coefficient (Wildman–Crippen LogP) is 3.35. The summed E-state index contributed by atoms with van der Waals surface area (Å²) >= 11 is 0. The van der Waals surface area contributed by atoms with E-state index in [0.29, 0.717) is 18.8 Å². The second-order valence-corrected chi connectivity index (χ2v) is 10.1. The molecule has 1 aliphatic rings. The van der Waals surface area contributed by atoms with Crippen LogP contribution < -0.4 is 0 Å². The third-order valence-electron chi connectivity index (χ3n) is 4.99. The maximum absolute atomic E-state index is 12.1.